The number of pyridine rings is 1. The monoisotopic (exact) mass is 293 g/mol. The molecule has 1 aromatic carbocycles. The zero-order valence-corrected chi connectivity index (χ0v) is 11.0. The minimum Gasteiger partial charge on any atom is -0.462 e. The number of rotatable bonds is 3. The molecule has 0 amide bonds. The summed E-state index contributed by atoms with van der Waals surface area (Å²) < 4.78 is 5.02. The summed E-state index contributed by atoms with van der Waals surface area (Å²) in [5.41, 5.74) is 2.32. The van der Waals surface area contributed by atoms with Gasteiger partial charge in [0.1, 0.15) is 0 Å². The lowest BCUT2D eigenvalue weighted by Crippen LogP contribution is -2.05. The van der Waals surface area contributed by atoms with Crippen molar-refractivity contribution < 1.29 is 9.53 Å². The van der Waals surface area contributed by atoms with Gasteiger partial charge in [0.15, 0.2) is 0 Å². The maximum Gasteiger partial charge on any atom is 0.338 e. The highest BCUT2D eigenvalue weighted by atomic mass is 79.9. The Hall–Kier alpha value is -1.42. The number of halogens is 1. The van der Waals surface area contributed by atoms with Crippen LogP contribution in [-0.4, -0.2) is 17.6 Å². The van der Waals surface area contributed by atoms with Crippen molar-refractivity contribution in [3.63, 3.8) is 0 Å². The molecule has 0 saturated heterocycles. The quantitative estimate of drug-likeness (QED) is 0.644. The van der Waals surface area contributed by atoms with Crippen LogP contribution in [0.5, 0.6) is 0 Å². The minimum atomic E-state index is -0.300. The van der Waals surface area contributed by atoms with Gasteiger partial charge in [-0.2, -0.15) is 0 Å². The standard InChI is InChI=1S/C13H12BrNO2/c1-2-17-13(16)11-4-3-5-12-10(11)7-6-9(8-14)15-12/h3-7H,2,8H2,1H3. The van der Waals surface area contributed by atoms with E-state index in [9.17, 15) is 4.79 Å². The molecule has 0 aliphatic heterocycles. The molecule has 0 N–H and O–H groups in total. The van der Waals surface area contributed by atoms with E-state index in [4.69, 9.17) is 4.74 Å². The van der Waals surface area contributed by atoms with Gasteiger partial charge in [0.05, 0.1) is 23.4 Å². The largest absolute Gasteiger partial charge is 0.462 e. The average Bonchev–Trinajstić information content (AvgIpc) is 2.37. The second kappa shape index (κ2) is 5.27. The van der Waals surface area contributed by atoms with Gasteiger partial charge >= 0.3 is 5.97 Å². The summed E-state index contributed by atoms with van der Waals surface area (Å²) in [5, 5.41) is 1.53. The SMILES string of the molecule is CCOC(=O)c1cccc2nc(CBr)ccc12. The first-order valence-corrected chi connectivity index (χ1v) is 6.50. The van der Waals surface area contributed by atoms with E-state index in [0.29, 0.717) is 17.5 Å². The molecule has 0 fully saturated rings. The van der Waals surface area contributed by atoms with Gasteiger partial charge in [0, 0.05) is 10.7 Å². The third kappa shape index (κ3) is 2.47. The van der Waals surface area contributed by atoms with Crippen molar-refractivity contribution in [3.8, 4) is 0 Å². The van der Waals surface area contributed by atoms with Gasteiger partial charge < -0.3 is 4.74 Å². The number of alkyl halides is 1. The second-order valence-electron chi connectivity index (χ2n) is 3.53. The molecule has 88 valence electrons. The van der Waals surface area contributed by atoms with Crippen LogP contribution in [-0.2, 0) is 10.1 Å². The van der Waals surface area contributed by atoms with E-state index in [1.54, 1.807) is 13.0 Å². The van der Waals surface area contributed by atoms with E-state index < -0.39 is 0 Å². The van der Waals surface area contributed by atoms with Crippen LogP contribution in [0, 0.1) is 0 Å². The number of carbonyl (C=O) groups excluding carboxylic acids is 1. The summed E-state index contributed by atoms with van der Waals surface area (Å²) in [6.07, 6.45) is 0. The summed E-state index contributed by atoms with van der Waals surface area (Å²) in [6.45, 7) is 2.17. The van der Waals surface area contributed by atoms with Gasteiger partial charge in [-0.05, 0) is 25.1 Å². The topological polar surface area (TPSA) is 39.2 Å². The molecule has 2 aromatic rings. The minimum absolute atomic E-state index is 0.300. The Labute approximate surface area is 108 Å². The van der Waals surface area contributed by atoms with E-state index in [0.717, 1.165) is 16.6 Å². The highest BCUT2D eigenvalue weighted by Crippen LogP contribution is 2.19. The van der Waals surface area contributed by atoms with Crippen molar-refractivity contribution in [2.75, 3.05) is 6.61 Å². The molecule has 0 aliphatic carbocycles. The third-order valence-corrected chi connectivity index (χ3v) is 3.00. The molecule has 0 atom stereocenters. The molecule has 1 aromatic heterocycles. The van der Waals surface area contributed by atoms with E-state index in [1.165, 1.54) is 0 Å². The lowest BCUT2D eigenvalue weighted by Gasteiger charge is -2.06. The summed E-state index contributed by atoms with van der Waals surface area (Å²) in [7, 11) is 0. The zero-order valence-electron chi connectivity index (χ0n) is 9.44. The molecular weight excluding hydrogens is 282 g/mol. The molecule has 0 saturated carbocycles. The number of benzene rings is 1. The van der Waals surface area contributed by atoms with Crippen molar-refractivity contribution >= 4 is 32.8 Å². The number of hydrogen-bond acceptors (Lipinski definition) is 3. The Morgan fingerprint density at radius 1 is 1.35 bits per heavy atom. The fourth-order valence-electron chi connectivity index (χ4n) is 1.66. The Kier molecular flexibility index (Phi) is 3.74. The molecule has 17 heavy (non-hydrogen) atoms. The normalized spacial score (nSPS) is 10.5. The van der Waals surface area contributed by atoms with Crippen LogP contribution in [0.25, 0.3) is 10.9 Å². The number of hydrogen-bond donors (Lipinski definition) is 0. The Morgan fingerprint density at radius 2 is 2.18 bits per heavy atom. The van der Waals surface area contributed by atoms with Crippen molar-refractivity contribution in [2.45, 2.75) is 12.3 Å². The number of nitrogens with zero attached hydrogens (tertiary/aromatic N) is 1. The van der Waals surface area contributed by atoms with Gasteiger partial charge in [-0.25, -0.2) is 4.79 Å². The average molecular weight is 294 g/mol. The van der Waals surface area contributed by atoms with Crippen molar-refractivity contribution in [2.24, 2.45) is 0 Å². The van der Waals surface area contributed by atoms with E-state index >= 15 is 0 Å². The van der Waals surface area contributed by atoms with E-state index in [2.05, 4.69) is 20.9 Å². The smallest absolute Gasteiger partial charge is 0.338 e. The molecule has 4 heteroatoms. The van der Waals surface area contributed by atoms with Gasteiger partial charge in [0.2, 0.25) is 0 Å². The molecule has 0 aliphatic rings. The Balaban J connectivity index is 2.54. The van der Waals surface area contributed by atoms with Gasteiger partial charge in [-0.3, -0.25) is 4.98 Å². The molecule has 0 radical (unpaired) electrons. The first-order valence-electron chi connectivity index (χ1n) is 5.38. The molecule has 0 bridgehead atoms. The van der Waals surface area contributed by atoms with Crippen LogP contribution in [0.1, 0.15) is 23.0 Å². The summed E-state index contributed by atoms with van der Waals surface area (Å²) in [5.74, 6) is -0.300. The van der Waals surface area contributed by atoms with Crippen LogP contribution >= 0.6 is 15.9 Å². The number of fused-ring (bicyclic) bond motifs is 1. The third-order valence-electron chi connectivity index (χ3n) is 2.42. The number of aromatic nitrogens is 1. The van der Waals surface area contributed by atoms with Crippen molar-refractivity contribution in [3.05, 3.63) is 41.6 Å². The predicted octanol–water partition coefficient (Wildman–Crippen LogP) is 3.31. The number of ether oxygens (including phenoxy) is 1. The van der Waals surface area contributed by atoms with Gasteiger partial charge in [-0.15, -0.1) is 0 Å². The Bertz CT molecular complexity index is 554. The van der Waals surface area contributed by atoms with Crippen LogP contribution in [0.2, 0.25) is 0 Å². The fourth-order valence-corrected chi connectivity index (χ4v) is 1.97. The summed E-state index contributed by atoms with van der Waals surface area (Å²) >= 11 is 3.36. The lowest BCUT2D eigenvalue weighted by molar-refractivity contribution is 0.0528. The first-order chi connectivity index (χ1) is 8.26. The molecule has 2 rings (SSSR count). The predicted molar refractivity (Wildman–Crippen MR) is 70.3 cm³/mol. The maximum atomic E-state index is 11.8. The molecule has 0 unspecified atom stereocenters. The lowest BCUT2D eigenvalue weighted by atomic mass is 10.1. The summed E-state index contributed by atoms with van der Waals surface area (Å²) in [6, 6.07) is 9.28. The van der Waals surface area contributed by atoms with E-state index in [1.807, 2.05) is 24.3 Å². The zero-order chi connectivity index (χ0) is 12.3. The number of carbonyl (C=O) groups is 1. The van der Waals surface area contributed by atoms with Crippen LogP contribution < -0.4 is 0 Å². The summed E-state index contributed by atoms with van der Waals surface area (Å²) in [4.78, 5) is 16.2. The highest BCUT2D eigenvalue weighted by molar-refractivity contribution is 9.08. The van der Waals surface area contributed by atoms with Gasteiger partial charge in [-0.1, -0.05) is 28.1 Å². The van der Waals surface area contributed by atoms with Crippen molar-refractivity contribution in [1.82, 2.24) is 4.98 Å². The van der Waals surface area contributed by atoms with E-state index in [-0.39, 0.29) is 5.97 Å². The highest BCUT2D eigenvalue weighted by Gasteiger charge is 2.11. The van der Waals surface area contributed by atoms with Crippen LogP contribution in [0.3, 0.4) is 0 Å². The van der Waals surface area contributed by atoms with Crippen LogP contribution in [0.4, 0.5) is 0 Å². The molecular formula is C13H12BrNO2. The molecule has 3 nitrogen and oxygen atoms in total. The second-order valence-corrected chi connectivity index (χ2v) is 4.09. The number of esters is 1. The molecule has 0 spiro atoms. The van der Waals surface area contributed by atoms with Gasteiger partial charge in [0.25, 0.3) is 0 Å². The fraction of sp³-hybridized carbons (Fsp3) is 0.231. The molecule has 1 heterocycles. The maximum absolute atomic E-state index is 11.8. The first kappa shape index (κ1) is 12.0. The Morgan fingerprint density at radius 3 is 2.88 bits per heavy atom. The van der Waals surface area contributed by atoms with Crippen molar-refractivity contribution in [1.29, 1.82) is 0 Å². The van der Waals surface area contributed by atoms with Crippen LogP contribution in [0.15, 0.2) is 30.3 Å².